The van der Waals surface area contributed by atoms with E-state index >= 15 is 0 Å². The second-order valence-electron chi connectivity index (χ2n) is 8.50. The molecule has 0 aliphatic rings. The lowest BCUT2D eigenvalue weighted by atomic mass is 10.2. The Morgan fingerprint density at radius 2 is 1.89 bits per heavy atom. The lowest BCUT2D eigenvalue weighted by molar-refractivity contribution is 0.102. The van der Waals surface area contributed by atoms with E-state index in [1.54, 1.807) is 24.3 Å². The highest BCUT2D eigenvalue weighted by Gasteiger charge is 2.14. The van der Waals surface area contributed by atoms with Crippen molar-refractivity contribution in [3.63, 3.8) is 0 Å². The van der Waals surface area contributed by atoms with Gasteiger partial charge in [-0.25, -0.2) is 14.4 Å². The molecule has 0 aliphatic carbocycles. The summed E-state index contributed by atoms with van der Waals surface area (Å²) in [6.07, 6.45) is 5.68. The zero-order valence-corrected chi connectivity index (χ0v) is 20.5. The molecule has 5 rings (SSSR count). The number of thiazole rings is 1. The van der Waals surface area contributed by atoms with Crippen molar-refractivity contribution in [2.24, 2.45) is 0 Å². The first-order valence-corrected chi connectivity index (χ1v) is 12.0. The van der Waals surface area contributed by atoms with Gasteiger partial charge >= 0.3 is 0 Å². The second-order valence-corrected chi connectivity index (χ2v) is 9.53. The molecule has 0 fully saturated rings. The van der Waals surface area contributed by atoms with Crippen LogP contribution in [0.3, 0.4) is 0 Å². The molecule has 0 aliphatic heterocycles. The van der Waals surface area contributed by atoms with E-state index < -0.39 is 11.7 Å². The van der Waals surface area contributed by atoms with Gasteiger partial charge in [0.25, 0.3) is 5.91 Å². The molecule has 0 spiro atoms. The molecule has 10 heteroatoms. The summed E-state index contributed by atoms with van der Waals surface area (Å²) in [5.41, 5.74) is 10.1. The fourth-order valence-electron chi connectivity index (χ4n) is 3.85. The van der Waals surface area contributed by atoms with Crippen LogP contribution in [-0.2, 0) is 6.54 Å². The summed E-state index contributed by atoms with van der Waals surface area (Å²) in [5.74, 6) is -1.03. The number of amides is 1. The molecule has 0 bridgehead atoms. The van der Waals surface area contributed by atoms with Crippen LogP contribution in [0.4, 0.5) is 26.6 Å². The smallest absolute Gasteiger partial charge is 0.255 e. The highest BCUT2D eigenvalue weighted by molar-refractivity contribution is 7.18. The molecule has 0 saturated carbocycles. The normalized spacial score (nSPS) is 11.2. The number of hydrogen-bond donors (Lipinski definition) is 3. The molecular formula is C26H24FN7OS. The highest BCUT2D eigenvalue weighted by atomic mass is 32.1. The zero-order chi connectivity index (χ0) is 25.2. The molecule has 5 aromatic rings. The Labute approximate surface area is 211 Å². The van der Waals surface area contributed by atoms with E-state index in [4.69, 9.17) is 5.73 Å². The van der Waals surface area contributed by atoms with E-state index in [2.05, 4.69) is 36.0 Å². The van der Waals surface area contributed by atoms with Gasteiger partial charge in [0.1, 0.15) is 17.2 Å². The number of nitrogens with zero attached hydrogens (tertiary/aromatic N) is 4. The van der Waals surface area contributed by atoms with Gasteiger partial charge in [-0.1, -0.05) is 23.5 Å². The van der Waals surface area contributed by atoms with Crippen molar-refractivity contribution in [1.29, 1.82) is 0 Å². The van der Waals surface area contributed by atoms with Gasteiger partial charge in [0.2, 0.25) is 0 Å². The van der Waals surface area contributed by atoms with Gasteiger partial charge in [0.05, 0.1) is 22.5 Å². The number of rotatable bonds is 7. The van der Waals surface area contributed by atoms with Crippen molar-refractivity contribution in [2.45, 2.75) is 6.54 Å². The number of nitrogens with two attached hydrogens (primary N) is 1. The Kier molecular flexibility index (Phi) is 6.36. The first-order chi connectivity index (χ1) is 17.4. The summed E-state index contributed by atoms with van der Waals surface area (Å²) in [6.45, 7) is 0.804. The summed E-state index contributed by atoms with van der Waals surface area (Å²) < 4.78 is 16.1. The lowest BCUT2D eigenvalue weighted by Gasteiger charge is -2.10. The van der Waals surface area contributed by atoms with Gasteiger partial charge in [-0.2, -0.15) is 0 Å². The van der Waals surface area contributed by atoms with Crippen LogP contribution in [0.15, 0.2) is 73.2 Å². The maximum atomic E-state index is 14.0. The van der Waals surface area contributed by atoms with Crippen LogP contribution in [0.1, 0.15) is 15.9 Å². The number of nitrogens with one attached hydrogen (secondary N) is 2. The predicted molar refractivity (Wildman–Crippen MR) is 142 cm³/mol. The van der Waals surface area contributed by atoms with Gasteiger partial charge in [0.15, 0.2) is 5.13 Å². The number of para-hydroxylation sites is 1. The van der Waals surface area contributed by atoms with Crippen LogP contribution in [-0.4, -0.2) is 39.3 Å². The third-order valence-electron chi connectivity index (χ3n) is 5.54. The Morgan fingerprint density at radius 3 is 2.64 bits per heavy atom. The summed E-state index contributed by atoms with van der Waals surface area (Å²) >= 11 is 1.51. The number of benzene rings is 2. The number of halogens is 1. The molecule has 2 aromatic carbocycles. The molecule has 3 aromatic heterocycles. The van der Waals surface area contributed by atoms with Crippen LogP contribution in [0.25, 0.3) is 16.2 Å². The number of hydrogen-bond acceptors (Lipinski definition) is 7. The van der Waals surface area contributed by atoms with Crippen molar-refractivity contribution in [3.05, 3.63) is 90.1 Å². The summed E-state index contributed by atoms with van der Waals surface area (Å²) in [6, 6.07) is 15.2. The van der Waals surface area contributed by atoms with Crippen molar-refractivity contribution in [3.8, 4) is 10.6 Å². The van der Waals surface area contributed by atoms with E-state index in [9.17, 15) is 9.18 Å². The number of fused-ring (bicyclic) bond motifs is 1. The number of pyridine rings is 1. The Bertz CT molecular complexity index is 1520. The molecule has 0 unspecified atom stereocenters. The van der Waals surface area contributed by atoms with Crippen LogP contribution in [0.2, 0.25) is 0 Å². The van der Waals surface area contributed by atoms with E-state index in [1.807, 2.05) is 38.8 Å². The average Bonchev–Trinajstić information content (AvgIpc) is 3.49. The van der Waals surface area contributed by atoms with Crippen LogP contribution >= 0.6 is 11.3 Å². The molecule has 0 atom stereocenters. The summed E-state index contributed by atoms with van der Waals surface area (Å²) in [5, 5.41) is 6.51. The maximum absolute atomic E-state index is 14.0. The number of carbonyl (C=O) groups is 1. The SMILES string of the molecule is CN(C)Cc1cccn2c(-c3cnc(Nc4ccc(C(=O)Nc5c(N)cccc5F)cc4)s3)cnc12. The average molecular weight is 502 g/mol. The molecule has 0 saturated heterocycles. The molecular weight excluding hydrogens is 477 g/mol. The number of aromatic nitrogens is 3. The van der Waals surface area contributed by atoms with Gasteiger partial charge in [-0.15, -0.1) is 0 Å². The molecule has 4 N–H and O–H groups in total. The molecule has 182 valence electrons. The number of carbonyl (C=O) groups excluding carboxylic acids is 1. The van der Waals surface area contributed by atoms with Crippen LogP contribution in [0.5, 0.6) is 0 Å². The Balaban J connectivity index is 1.30. The van der Waals surface area contributed by atoms with Gasteiger partial charge in [0, 0.05) is 35.8 Å². The number of anilines is 4. The van der Waals surface area contributed by atoms with E-state index in [1.165, 1.54) is 29.5 Å². The third kappa shape index (κ3) is 4.77. The summed E-state index contributed by atoms with van der Waals surface area (Å²) in [4.78, 5) is 24.8. The molecule has 36 heavy (non-hydrogen) atoms. The van der Waals surface area contributed by atoms with Gasteiger partial charge in [-0.05, 0) is 56.6 Å². The quantitative estimate of drug-likeness (QED) is 0.264. The number of imidazole rings is 1. The minimum atomic E-state index is -0.582. The predicted octanol–water partition coefficient (Wildman–Crippen LogP) is 5.24. The summed E-state index contributed by atoms with van der Waals surface area (Å²) in [7, 11) is 4.07. The van der Waals surface area contributed by atoms with Gasteiger partial charge in [-0.3, -0.25) is 9.20 Å². The van der Waals surface area contributed by atoms with Crippen molar-refractivity contribution in [1.82, 2.24) is 19.3 Å². The van der Waals surface area contributed by atoms with Crippen molar-refractivity contribution < 1.29 is 9.18 Å². The largest absolute Gasteiger partial charge is 0.397 e. The standard InChI is InChI=1S/C26H24FN7OS/c1-33(2)15-17-5-4-12-34-21(13-29-24(17)34)22-14-30-26(36-22)31-18-10-8-16(9-11-18)25(35)32-23-19(27)6-3-7-20(23)28/h3-14H,15,28H2,1-2H3,(H,30,31)(H,32,35). The molecule has 8 nitrogen and oxygen atoms in total. The third-order valence-corrected chi connectivity index (χ3v) is 6.48. The molecule has 0 radical (unpaired) electrons. The fraction of sp³-hybridized carbons (Fsp3) is 0.115. The minimum Gasteiger partial charge on any atom is -0.397 e. The fourth-order valence-corrected chi connectivity index (χ4v) is 4.70. The Morgan fingerprint density at radius 1 is 1.08 bits per heavy atom. The Hall–Kier alpha value is -4.28. The van der Waals surface area contributed by atoms with E-state index in [0.29, 0.717) is 10.7 Å². The lowest BCUT2D eigenvalue weighted by Crippen LogP contribution is -2.14. The van der Waals surface area contributed by atoms with Crippen LogP contribution < -0.4 is 16.4 Å². The van der Waals surface area contributed by atoms with E-state index in [0.717, 1.165) is 34.0 Å². The first kappa shape index (κ1) is 23.5. The molecule has 3 heterocycles. The number of nitrogen functional groups attached to an aromatic ring is 1. The first-order valence-electron chi connectivity index (χ1n) is 11.2. The van der Waals surface area contributed by atoms with Gasteiger partial charge < -0.3 is 21.3 Å². The van der Waals surface area contributed by atoms with Crippen molar-refractivity contribution >= 4 is 45.1 Å². The maximum Gasteiger partial charge on any atom is 0.255 e. The topological polar surface area (TPSA) is 101 Å². The monoisotopic (exact) mass is 501 g/mol. The van der Waals surface area contributed by atoms with Crippen LogP contribution in [0, 0.1) is 5.82 Å². The van der Waals surface area contributed by atoms with E-state index in [-0.39, 0.29) is 11.4 Å². The minimum absolute atomic E-state index is 0.0266. The highest BCUT2D eigenvalue weighted by Crippen LogP contribution is 2.32. The van der Waals surface area contributed by atoms with Crippen molar-refractivity contribution in [2.75, 3.05) is 30.5 Å². The zero-order valence-electron chi connectivity index (χ0n) is 19.7. The second kappa shape index (κ2) is 9.76. The molecule has 1 amide bonds.